The quantitative estimate of drug-likeness (QED) is 0.515. The first-order chi connectivity index (χ1) is 8.01. The summed E-state index contributed by atoms with van der Waals surface area (Å²) in [5.41, 5.74) is 18.1. The summed E-state index contributed by atoms with van der Waals surface area (Å²) in [5.74, 6) is 0. The minimum Gasteiger partial charge on any atom is -0.330 e. The summed E-state index contributed by atoms with van der Waals surface area (Å²) in [4.78, 5) is 0. The molecule has 2 atom stereocenters. The Labute approximate surface area is 108 Å². The van der Waals surface area contributed by atoms with Crippen molar-refractivity contribution in [2.24, 2.45) is 22.6 Å². The first kappa shape index (κ1) is 16.9. The van der Waals surface area contributed by atoms with E-state index in [4.69, 9.17) is 17.2 Å². The number of unbranched alkanes of at least 4 members (excludes halogenated alkanes) is 4. The van der Waals surface area contributed by atoms with Crippen molar-refractivity contribution >= 4 is 0 Å². The Hall–Kier alpha value is -0.120. The summed E-state index contributed by atoms with van der Waals surface area (Å²) in [6, 6.07) is 0.245. The molecule has 0 aliphatic carbocycles. The average molecular weight is 243 g/mol. The van der Waals surface area contributed by atoms with E-state index in [1.54, 1.807) is 0 Å². The van der Waals surface area contributed by atoms with Gasteiger partial charge in [-0.05, 0) is 33.2 Å². The van der Waals surface area contributed by atoms with Crippen molar-refractivity contribution in [2.45, 2.75) is 77.8 Å². The van der Waals surface area contributed by atoms with E-state index in [1.807, 2.05) is 0 Å². The van der Waals surface area contributed by atoms with Crippen LogP contribution in [-0.4, -0.2) is 18.6 Å². The van der Waals surface area contributed by atoms with Crippen LogP contribution in [0.3, 0.4) is 0 Å². The zero-order valence-corrected chi connectivity index (χ0v) is 12.0. The number of hydrogen-bond acceptors (Lipinski definition) is 3. The highest BCUT2D eigenvalue weighted by atomic mass is 14.8. The molecule has 0 saturated heterocycles. The molecule has 0 saturated carbocycles. The maximum atomic E-state index is 6.16. The van der Waals surface area contributed by atoms with Gasteiger partial charge in [-0.1, -0.05) is 39.0 Å². The van der Waals surface area contributed by atoms with Crippen molar-refractivity contribution < 1.29 is 0 Å². The van der Waals surface area contributed by atoms with E-state index in [-0.39, 0.29) is 17.5 Å². The monoisotopic (exact) mass is 243 g/mol. The maximum absolute atomic E-state index is 6.16. The van der Waals surface area contributed by atoms with Crippen molar-refractivity contribution in [1.29, 1.82) is 0 Å². The first-order valence-corrected chi connectivity index (χ1v) is 7.22. The van der Waals surface area contributed by atoms with Crippen molar-refractivity contribution in [3.05, 3.63) is 0 Å². The second-order valence-electron chi connectivity index (χ2n) is 5.51. The highest BCUT2D eigenvalue weighted by Gasteiger charge is 2.36. The van der Waals surface area contributed by atoms with Gasteiger partial charge in [-0.2, -0.15) is 0 Å². The minimum atomic E-state index is 0.0287. The molecule has 0 aliphatic rings. The summed E-state index contributed by atoms with van der Waals surface area (Å²) in [5, 5.41) is 0. The zero-order valence-electron chi connectivity index (χ0n) is 12.0. The van der Waals surface area contributed by atoms with Gasteiger partial charge in [0.25, 0.3) is 0 Å². The Bertz CT molecular complexity index is 170. The molecule has 2 unspecified atom stereocenters. The third kappa shape index (κ3) is 5.36. The molecule has 0 aromatic carbocycles. The van der Waals surface area contributed by atoms with E-state index in [1.165, 1.54) is 32.1 Å². The molecule has 0 rings (SSSR count). The minimum absolute atomic E-state index is 0.0287. The molecule has 0 bridgehead atoms. The summed E-state index contributed by atoms with van der Waals surface area (Å²) >= 11 is 0. The SMILES string of the molecule is CCCCCCCC(CCN)(C(C)N)C(C)N. The van der Waals surface area contributed by atoms with Gasteiger partial charge >= 0.3 is 0 Å². The summed E-state index contributed by atoms with van der Waals surface area (Å²) in [7, 11) is 0. The van der Waals surface area contributed by atoms with E-state index < -0.39 is 0 Å². The van der Waals surface area contributed by atoms with Gasteiger partial charge in [-0.3, -0.25) is 0 Å². The van der Waals surface area contributed by atoms with Crippen LogP contribution in [-0.2, 0) is 0 Å². The molecule has 17 heavy (non-hydrogen) atoms. The lowest BCUT2D eigenvalue weighted by molar-refractivity contribution is 0.154. The van der Waals surface area contributed by atoms with Crippen molar-refractivity contribution in [3.63, 3.8) is 0 Å². The van der Waals surface area contributed by atoms with Gasteiger partial charge < -0.3 is 17.2 Å². The predicted octanol–water partition coefficient (Wildman–Crippen LogP) is 2.38. The molecule has 0 fully saturated rings. The van der Waals surface area contributed by atoms with Crippen LogP contribution in [0, 0.1) is 5.41 Å². The van der Waals surface area contributed by atoms with Crippen molar-refractivity contribution in [3.8, 4) is 0 Å². The fourth-order valence-electron chi connectivity index (χ4n) is 2.78. The first-order valence-electron chi connectivity index (χ1n) is 7.22. The predicted molar refractivity (Wildman–Crippen MR) is 76.8 cm³/mol. The molecule has 0 amide bonds. The highest BCUT2D eigenvalue weighted by molar-refractivity contribution is 4.93. The molecule has 0 spiro atoms. The topological polar surface area (TPSA) is 78.1 Å². The van der Waals surface area contributed by atoms with Gasteiger partial charge in [0.15, 0.2) is 0 Å². The fraction of sp³-hybridized carbons (Fsp3) is 1.00. The van der Waals surface area contributed by atoms with E-state index in [9.17, 15) is 0 Å². The third-order valence-electron chi connectivity index (χ3n) is 4.17. The van der Waals surface area contributed by atoms with Crippen LogP contribution >= 0.6 is 0 Å². The van der Waals surface area contributed by atoms with Crippen LogP contribution in [0.15, 0.2) is 0 Å². The fourth-order valence-corrected chi connectivity index (χ4v) is 2.78. The molecule has 104 valence electrons. The molecule has 0 aromatic rings. The Morgan fingerprint density at radius 2 is 1.41 bits per heavy atom. The Morgan fingerprint density at radius 1 is 0.882 bits per heavy atom. The van der Waals surface area contributed by atoms with Gasteiger partial charge in [-0.15, -0.1) is 0 Å². The molecular formula is C14H33N3. The number of hydrogen-bond donors (Lipinski definition) is 3. The number of nitrogens with two attached hydrogens (primary N) is 3. The Kier molecular flexibility index (Phi) is 8.83. The number of rotatable bonds is 10. The van der Waals surface area contributed by atoms with Crippen LogP contribution < -0.4 is 17.2 Å². The van der Waals surface area contributed by atoms with E-state index in [0.29, 0.717) is 6.54 Å². The molecule has 0 aliphatic heterocycles. The summed E-state index contributed by atoms with van der Waals surface area (Å²) in [6.45, 7) is 7.07. The lowest BCUT2D eigenvalue weighted by Gasteiger charge is -2.41. The largest absolute Gasteiger partial charge is 0.330 e. The maximum Gasteiger partial charge on any atom is 0.00822 e. The average Bonchev–Trinajstić information content (AvgIpc) is 2.26. The molecule has 0 aromatic heterocycles. The molecular weight excluding hydrogens is 210 g/mol. The Morgan fingerprint density at radius 3 is 1.82 bits per heavy atom. The van der Waals surface area contributed by atoms with Gasteiger partial charge in [0.1, 0.15) is 0 Å². The van der Waals surface area contributed by atoms with Crippen LogP contribution in [0.25, 0.3) is 0 Å². The van der Waals surface area contributed by atoms with Crippen LogP contribution in [0.2, 0.25) is 0 Å². The summed E-state index contributed by atoms with van der Waals surface area (Å²) < 4.78 is 0. The van der Waals surface area contributed by atoms with Crippen molar-refractivity contribution in [1.82, 2.24) is 0 Å². The molecule has 3 nitrogen and oxygen atoms in total. The van der Waals surface area contributed by atoms with Crippen molar-refractivity contribution in [2.75, 3.05) is 6.54 Å². The molecule has 0 radical (unpaired) electrons. The van der Waals surface area contributed by atoms with Gasteiger partial charge in [0, 0.05) is 17.5 Å². The lowest BCUT2D eigenvalue weighted by atomic mass is 9.69. The van der Waals surface area contributed by atoms with Gasteiger partial charge in [0.05, 0.1) is 0 Å². The normalized spacial score (nSPS) is 18.7. The van der Waals surface area contributed by atoms with Gasteiger partial charge in [-0.25, -0.2) is 0 Å². The second kappa shape index (κ2) is 8.90. The zero-order chi connectivity index (χ0) is 13.3. The van der Waals surface area contributed by atoms with Crippen LogP contribution in [0.5, 0.6) is 0 Å². The second-order valence-corrected chi connectivity index (χ2v) is 5.51. The van der Waals surface area contributed by atoms with Crippen LogP contribution in [0.1, 0.15) is 65.7 Å². The summed E-state index contributed by atoms with van der Waals surface area (Å²) in [6.07, 6.45) is 8.52. The lowest BCUT2D eigenvalue weighted by Crippen LogP contribution is -2.52. The molecule has 6 N–H and O–H groups in total. The molecule has 3 heteroatoms. The van der Waals surface area contributed by atoms with Crippen LogP contribution in [0.4, 0.5) is 0 Å². The van der Waals surface area contributed by atoms with Gasteiger partial charge in [0.2, 0.25) is 0 Å². The third-order valence-corrected chi connectivity index (χ3v) is 4.17. The highest BCUT2D eigenvalue weighted by Crippen LogP contribution is 2.34. The van der Waals surface area contributed by atoms with E-state index in [2.05, 4.69) is 20.8 Å². The smallest absolute Gasteiger partial charge is 0.00822 e. The van der Waals surface area contributed by atoms with E-state index in [0.717, 1.165) is 12.8 Å². The standard InChI is InChI=1S/C14H33N3/c1-4-5-6-7-8-9-14(10-11-15,12(2)16)13(3)17/h12-13H,4-11,15-17H2,1-3H3. The van der Waals surface area contributed by atoms with E-state index >= 15 is 0 Å². The Balaban J connectivity index is 4.27. The molecule has 0 heterocycles.